The molecule has 1 N–H and O–H groups in total. The topological polar surface area (TPSA) is 119 Å². The highest BCUT2D eigenvalue weighted by Crippen LogP contribution is 2.42. The summed E-state index contributed by atoms with van der Waals surface area (Å²) in [5.74, 6) is 0.611. The summed E-state index contributed by atoms with van der Waals surface area (Å²) < 4.78 is 13.6. The second-order valence-corrected chi connectivity index (χ2v) is 10.2. The largest absolute Gasteiger partial charge is 0.444 e. The fraction of sp³-hybridized carbons (Fsp3) is 0.458. The van der Waals surface area contributed by atoms with Crippen LogP contribution in [-0.2, 0) is 17.7 Å². The zero-order valence-corrected chi connectivity index (χ0v) is 21.7. The van der Waals surface area contributed by atoms with Gasteiger partial charge in [-0.3, -0.25) is 9.48 Å². The fourth-order valence-corrected chi connectivity index (χ4v) is 5.31. The van der Waals surface area contributed by atoms with Crippen molar-refractivity contribution in [3.8, 4) is 11.5 Å². The third-order valence-electron chi connectivity index (χ3n) is 6.20. The molecule has 0 radical (unpaired) electrons. The first-order chi connectivity index (χ1) is 17.0. The highest BCUT2D eigenvalue weighted by molar-refractivity contribution is 7.59. The second-order valence-electron chi connectivity index (χ2n) is 9.16. The molecule has 12 heteroatoms. The van der Waals surface area contributed by atoms with Gasteiger partial charge >= 0.3 is 0 Å². The maximum absolute atomic E-state index is 13.2. The van der Waals surface area contributed by atoms with E-state index in [2.05, 4.69) is 21.0 Å². The Balaban J connectivity index is 0.00000267. The van der Waals surface area contributed by atoms with Gasteiger partial charge < -0.3 is 19.2 Å². The van der Waals surface area contributed by atoms with E-state index < -0.39 is 6.10 Å². The van der Waals surface area contributed by atoms with Gasteiger partial charge in [-0.1, -0.05) is 11.3 Å². The number of ketones is 1. The van der Waals surface area contributed by atoms with Gasteiger partial charge in [-0.15, -0.1) is 0 Å². The summed E-state index contributed by atoms with van der Waals surface area (Å²) in [6, 6.07) is 2.08. The van der Waals surface area contributed by atoms with Crippen molar-refractivity contribution < 1.29 is 19.1 Å². The van der Waals surface area contributed by atoms with E-state index in [1.54, 1.807) is 35.3 Å². The number of anilines is 1. The number of carbonyl (C=O) groups is 1. The van der Waals surface area contributed by atoms with Gasteiger partial charge in [0.1, 0.15) is 12.0 Å². The van der Waals surface area contributed by atoms with Crippen LogP contribution in [0, 0.1) is 0 Å². The van der Waals surface area contributed by atoms with Crippen LogP contribution in [0.15, 0.2) is 29.1 Å². The summed E-state index contributed by atoms with van der Waals surface area (Å²) in [5.41, 5.74) is 3.62. The van der Waals surface area contributed by atoms with Gasteiger partial charge in [0.25, 0.3) is 0 Å². The minimum Gasteiger partial charge on any atom is -0.444 e. The number of aliphatic hydroxyl groups excluding tert-OH is 1. The Morgan fingerprint density at radius 3 is 2.81 bits per heavy atom. The highest BCUT2D eigenvalue weighted by Gasteiger charge is 2.30. The molecule has 0 amide bonds. The van der Waals surface area contributed by atoms with Gasteiger partial charge in [-0.25, -0.2) is 9.97 Å². The molecule has 6 rings (SSSR count). The minimum absolute atomic E-state index is 0. The van der Waals surface area contributed by atoms with Gasteiger partial charge in [0.15, 0.2) is 16.6 Å². The third-order valence-corrected chi connectivity index (χ3v) is 7.25. The molecule has 10 nitrogen and oxygen atoms in total. The molecule has 2 aliphatic rings. The molecule has 190 valence electrons. The van der Waals surface area contributed by atoms with Gasteiger partial charge in [-0.2, -0.15) is 23.6 Å². The van der Waals surface area contributed by atoms with E-state index in [0.717, 1.165) is 52.7 Å². The van der Waals surface area contributed by atoms with E-state index in [1.165, 1.54) is 6.26 Å². The number of rotatable bonds is 8. The number of pyridine rings is 1. The normalized spacial score (nSPS) is 16.8. The summed E-state index contributed by atoms with van der Waals surface area (Å²) >= 11 is 1.61. The monoisotopic (exact) mass is 528 g/mol. The summed E-state index contributed by atoms with van der Waals surface area (Å²) in [6.07, 6.45) is 6.63. The average molecular weight is 529 g/mol. The van der Waals surface area contributed by atoms with E-state index in [4.69, 9.17) is 19.1 Å². The zero-order chi connectivity index (χ0) is 23.9. The molecule has 4 aromatic heterocycles. The number of aliphatic hydroxyl groups is 1. The number of morpholine rings is 1. The number of nitrogens with zero attached hydrogens (tertiary/aromatic N) is 6. The quantitative estimate of drug-likeness (QED) is 0.344. The van der Waals surface area contributed by atoms with Crippen LogP contribution in [-0.4, -0.2) is 68.0 Å². The van der Waals surface area contributed by atoms with Gasteiger partial charge in [0.05, 0.1) is 42.3 Å². The number of oxazole rings is 1. The maximum atomic E-state index is 13.2. The molecule has 0 aromatic carbocycles. The first kappa shape index (κ1) is 24.9. The van der Waals surface area contributed by atoms with Crippen LogP contribution >= 0.6 is 24.8 Å². The predicted octanol–water partition coefficient (Wildman–Crippen LogP) is 3.18. The van der Waals surface area contributed by atoms with Crippen LogP contribution in [0.5, 0.6) is 0 Å². The first-order valence-corrected chi connectivity index (χ1v) is 12.7. The summed E-state index contributed by atoms with van der Waals surface area (Å²) in [6.45, 7) is 5.13. The molecular weight excluding hydrogens is 500 g/mol. The Hall–Kier alpha value is -2.80. The summed E-state index contributed by atoms with van der Waals surface area (Å²) in [7, 11) is 0. The van der Waals surface area contributed by atoms with Crippen molar-refractivity contribution in [1.82, 2.24) is 24.7 Å². The predicted molar refractivity (Wildman–Crippen MR) is 140 cm³/mol. The van der Waals surface area contributed by atoms with Crippen LogP contribution in [0.3, 0.4) is 0 Å². The van der Waals surface area contributed by atoms with Crippen molar-refractivity contribution in [3.63, 3.8) is 0 Å². The Morgan fingerprint density at radius 1 is 1.25 bits per heavy atom. The molecule has 4 aromatic rings. The van der Waals surface area contributed by atoms with Crippen LogP contribution < -0.4 is 4.90 Å². The lowest BCUT2D eigenvalue weighted by Crippen LogP contribution is -2.36. The lowest BCUT2D eigenvalue weighted by molar-refractivity contribution is 0.0988. The van der Waals surface area contributed by atoms with Crippen molar-refractivity contribution >= 4 is 46.1 Å². The zero-order valence-electron chi connectivity index (χ0n) is 19.9. The standard InChI is InChI=1S/C24H26N6O4S.H2S/c1-14(31)11-30-12-17(10-25-30)23-26-18(13-34-23)19(32)8-16-9-20-22(27-21(16)15-2-3-15)28-24(35-20)29-4-6-33-7-5-29;/h9-10,12-15,31H,2-8,11H2,1H3;1H2/t14-;/m0./s1. The number of hydrogen-bond acceptors (Lipinski definition) is 10. The lowest BCUT2D eigenvalue weighted by Gasteiger charge is -2.25. The van der Waals surface area contributed by atoms with Gasteiger partial charge in [0, 0.05) is 37.3 Å². The fourth-order valence-electron chi connectivity index (χ4n) is 4.29. The lowest BCUT2D eigenvalue weighted by atomic mass is 10.0. The molecular formula is C24H28N6O4S2. The molecule has 1 atom stereocenters. The van der Waals surface area contributed by atoms with E-state index in [0.29, 0.717) is 37.1 Å². The summed E-state index contributed by atoms with van der Waals surface area (Å²) in [4.78, 5) is 29.5. The molecule has 0 spiro atoms. The van der Waals surface area contributed by atoms with Crippen LogP contribution in [0.25, 0.3) is 21.8 Å². The number of aromatic nitrogens is 5. The van der Waals surface area contributed by atoms with Crippen molar-refractivity contribution in [2.45, 2.75) is 44.8 Å². The number of ether oxygens (including phenoxy) is 1. The van der Waals surface area contributed by atoms with Crippen LogP contribution in [0.2, 0.25) is 0 Å². The van der Waals surface area contributed by atoms with Crippen molar-refractivity contribution in [1.29, 1.82) is 0 Å². The van der Waals surface area contributed by atoms with Crippen molar-refractivity contribution in [2.75, 3.05) is 31.2 Å². The second kappa shape index (κ2) is 10.3. The Kier molecular flexibility index (Phi) is 7.11. The van der Waals surface area contributed by atoms with E-state index >= 15 is 0 Å². The third kappa shape index (κ3) is 5.17. The van der Waals surface area contributed by atoms with Crippen LogP contribution in [0.1, 0.15) is 47.4 Å². The average Bonchev–Trinajstić information content (AvgIpc) is 3.22. The maximum Gasteiger partial charge on any atom is 0.229 e. The van der Waals surface area contributed by atoms with Gasteiger partial charge in [-0.05, 0) is 31.4 Å². The Bertz CT molecular complexity index is 1370. The number of fused-ring (bicyclic) bond motifs is 1. The minimum atomic E-state index is -0.514. The molecule has 5 heterocycles. The molecule has 36 heavy (non-hydrogen) atoms. The number of hydrogen-bond donors (Lipinski definition) is 1. The molecule has 1 aliphatic heterocycles. The molecule has 1 aliphatic carbocycles. The smallest absolute Gasteiger partial charge is 0.229 e. The van der Waals surface area contributed by atoms with E-state index in [1.807, 2.05) is 0 Å². The van der Waals surface area contributed by atoms with Gasteiger partial charge in [0.2, 0.25) is 5.89 Å². The molecule has 1 saturated heterocycles. The Labute approximate surface area is 218 Å². The highest BCUT2D eigenvalue weighted by atomic mass is 32.1. The number of Topliss-reactive ketones (excluding diaryl/α,β-unsaturated/α-hetero) is 1. The Morgan fingerprint density at radius 2 is 2.06 bits per heavy atom. The van der Waals surface area contributed by atoms with Crippen molar-refractivity contribution in [3.05, 3.63) is 41.7 Å². The first-order valence-electron chi connectivity index (χ1n) is 11.9. The molecule has 0 bridgehead atoms. The van der Waals surface area contributed by atoms with Crippen LogP contribution in [0.4, 0.5) is 5.13 Å². The molecule has 0 unspecified atom stereocenters. The van der Waals surface area contributed by atoms with Crippen molar-refractivity contribution in [2.24, 2.45) is 0 Å². The number of carbonyl (C=O) groups excluding carboxylic acids is 1. The van der Waals surface area contributed by atoms with E-state index in [9.17, 15) is 9.90 Å². The summed E-state index contributed by atoms with van der Waals surface area (Å²) in [5, 5.41) is 14.7. The van der Waals surface area contributed by atoms with E-state index in [-0.39, 0.29) is 31.4 Å². The molecule has 2 fully saturated rings. The molecule has 1 saturated carbocycles. The SMILES string of the molecule is C[C@H](O)Cn1cc(-c2nc(C(=O)Cc3cc4sc(N5CCOCC5)nc4nc3C3CC3)co2)cn1.S. The number of thiazole rings is 1.